The molecule has 4 rings (SSSR count). The molecule has 4 aromatic rings. The van der Waals surface area contributed by atoms with Crippen molar-refractivity contribution >= 4 is 33.0 Å². The first-order valence-electron chi connectivity index (χ1n) is 9.82. The second-order valence-corrected chi connectivity index (χ2v) is 8.26. The van der Waals surface area contributed by atoms with Crippen molar-refractivity contribution in [2.75, 3.05) is 20.0 Å². The lowest BCUT2D eigenvalue weighted by atomic mass is 10.0. The second kappa shape index (κ2) is 8.74. The van der Waals surface area contributed by atoms with Gasteiger partial charge in [-0.2, -0.15) is 13.2 Å². The third kappa shape index (κ3) is 4.49. The summed E-state index contributed by atoms with van der Waals surface area (Å²) in [6.45, 7) is 0. The molecule has 33 heavy (non-hydrogen) atoms. The van der Waals surface area contributed by atoms with Crippen LogP contribution in [0.5, 0.6) is 11.5 Å². The van der Waals surface area contributed by atoms with E-state index in [1.165, 1.54) is 12.1 Å². The van der Waals surface area contributed by atoms with E-state index >= 15 is 0 Å². The zero-order valence-corrected chi connectivity index (χ0v) is 18.5. The number of benzene rings is 2. The summed E-state index contributed by atoms with van der Waals surface area (Å²) in [4.78, 5) is 18.4. The van der Waals surface area contributed by atoms with E-state index in [4.69, 9.17) is 15.2 Å². The van der Waals surface area contributed by atoms with Gasteiger partial charge in [-0.25, -0.2) is 4.98 Å². The Hall–Kier alpha value is -3.59. The molecule has 0 bridgehead atoms. The van der Waals surface area contributed by atoms with Crippen molar-refractivity contribution in [3.8, 4) is 22.8 Å². The van der Waals surface area contributed by atoms with Crippen LogP contribution in [-0.2, 0) is 12.6 Å². The summed E-state index contributed by atoms with van der Waals surface area (Å²) in [6, 6.07) is 13.6. The van der Waals surface area contributed by atoms with E-state index in [2.05, 4.69) is 4.98 Å². The van der Waals surface area contributed by atoms with E-state index < -0.39 is 11.7 Å². The van der Waals surface area contributed by atoms with Crippen molar-refractivity contribution in [2.24, 2.45) is 0 Å². The van der Waals surface area contributed by atoms with E-state index in [1.807, 2.05) is 6.07 Å². The Labute approximate surface area is 191 Å². The van der Waals surface area contributed by atoms with E-state index in [0.717, 1.165) is 29.0 Å². The van der Waals surface area contributed by atoms with Crippen LogP contribution in [0.4, 0.5) is 18.9 Å². The molecule has 170 valence electrons. The number of nitrogen functional groups attached to an aromatic ring is 1. The Balaban J connectivity index is 1.62. The molecule has 9 heteroatoms. The number of nitrogens with two attached hydrogens (primary N) is 1. The number of hydrogen-bond donors (Lipinski definition) is 1. The SMILES string of the molecule is COc1ccc(-c2ccc3c(N)c(C(=O)Cc4ccc(C(F)(F)F)cc4)sc3n2)cc1OC. The van der Waals surface area contributed by atoms with Gasteiger partial charge in [0.15, 0.2) is 17.3 Å². The van der Waals surface area contributed by atoms with Gasteiger partial charge < -0.3 is 15.2 Å². The molecule has 0 saturated heterocycles. The average molecular weight is 472 g/mol. The first-order valence-corrected chi connectivity index (χ1v) is 10.6. The summed E-state index contributed by atoms with van der Waals surface area (Å²) < 4.78 is 48.9. The number of carbonyl (C=O) groups excluding carboxylic acids is 1. The highest BCUT2D eigenvalue weighted by atomic mass is 32.1. The minimum absolute atomic E-state index is 0.0578. The molecule has 0 radical (unpaired) electrons. The molecule has 2 heterocycles. The van der Waals surface area contributed by atoms with Crippen LogP contribution in [0.1, 0.15) is 20.8 Å². The largest absolute Gasteiger partial charge is 0.493 e. The lowest BCUT2D eigenvalue weighted by molar-refractivity contribution is -0.137. The lowest BCUT2D eigenvalue weighted by Crippen LogP contribution is -2.07. The number of rotatable bonds is 6. The van der Waals surface area contributed by atoms with Gasteiger partial charge in [0.2, 0.25) is 0 Å². The number of aromatic nitrogens is 1. The van der Waals surface area contributed by atoms with Gasteiger partial charge >= 0.3 is 6.18 Å². The number of hydrogen-bond acceptors (Lipinski definition) is 6. The van der Waals surface area contributed by atoms with Crippen molar-refractivity contribution in [3.63, 3.8) is 0 Å². The van der Waals surface area contributed by atoms with E-state index in [-0.39, 0.29) is 12.2 Å². The highest BCUT2D eigenvalue weighted by molar-refractivity contribution is 7.21. The van der Waals surface area contributed by atoms with Gasteiger partial charge in [-0.15, -0.1) is 11.3 Å². The number of ketones is 1. The van der Waals surface area contributed by atoms with Gasteiger partial charge in [0.1, 0.15) is 4.83 Å². The highest BCUT2D eigenvalue weighted by Gasteiger charge is 2.30. The van der Waals surface area contributed by atoms with Crippen LogP contribution in [0, 0.1) is 0 Å². The summed E-state index contributed by atoms with van der Waals surface area (Å²) in [7, 11) is 3.10. The summed E-state index contributed by atoms with van der Waals surface area (Å²) in [5, 5.41) is 0.653. The predicted molar refractivity (Wildman–Crippen MR) is 122 cm³/mol. The molecule has 0 spiro atoms. The van der Waals surface area contributed by atoms with E-state index in [9.17, 15) is 18.0 Å². The van der Waals surface area contributed by atoms with Gasteiger partial charge in [0.25, 0.3) is 0 Å². The minimum Gasteiger partial charge on any atom is -0.493 e. The molecule has 0 atom stereocenters. The number of nitrogens with zero attached hydrogens (tertiary/aromatic N) is 1. The zero-order chi connectivity index (χ0) is 23.8. The number of carbonyl (C=O) groups is 1. The maximum absolute atomic E-state index is 12.8. The molecule has 5 nitrogen and oxygen atoms in total. The maximum Gasteiger partial charge on any atom is 0.416 e. The van der Waals surface area contributed by atoms with E-state index in [1.54, 1.807) is 38.5 Å². The predicted octanol–water partition coefficient (Wildman–Crippen LogP) is 6.01. The standard InChI is InChI=1S/C24H19F3N2O3S/c1-31-19-10-5-14(12-20(19)32-2)17-9-8-16-21(28)22(33-23(16)29-17)18(30)11-13-3-6-15(7-4-13)24(25,26)27/h3-10,12H,11,28H2,1-2H3. The number of anilines is 1. The van der Waals surface area contributed by atoms with E-state index in [0.29, 0.717) is 43.5 Å². The third-order valence-corrected chi connectivity index (χ3v) is 6.33. The molecule has 2 aromatic carbocycles. The number of ether oxygens (including phenoxy) is 2. The Kier molecular flexibility index (Phi) is 5.99. The zero-order valence-electron chi connectivity index (χ0n) is 17.7. The third-order valence-electron chi connectivity index (χ3n) is 5.17. The van der Waals surface area contributed by atoms with Crippen molar-refractivity contribution in [2.45, 2.75) is 12.6 Å². The summed E-state index contributed by atoms with van der Waals surface area (Å²) in [6.07, 6.45) is -4.48. The van der Waals surface area contributed by atoms with Gasteiger partial charge in [-0.3, -0.25) is 4.79 Å². The second-order valence-electron chi connectivity index (χ2n) is 7.26. The fourth-order valence-corrected chi connectivity index (χ4v) is 4.47. The average Bonchev–Trinajstić information content (AvgIpc) is 3.14. The number of thiophene rings is 1. The van der Waals surface area contributed by atoms with Crippen LogP contribution < -0.4 is 15.2 Å². The number of pyridine rings is 1. The van der Waals surface area contributed by atoms with Crippen molar-refractivity contribution in [1.82, 2.24) is 4.98 Å². The molecular formula is C24H19F3N2O3S. The molecule has 0 fully saturated rings. The molecule has 0 aliphatic carbocycles. The number of alkyl halides is 3. The van der Waals surface area contributed by atoms with Crippen LogP contribution in [0.25, 0.3) is 21.5 Å². The fraction of sp³-hybridized carbons (Fsp3) is 0.167. The molecule has 0 amide bonds. The number of methoxy groups -OCH3 is 2. The van der Waals surface area contributed by atoms with Gasteiger partial charge in [-0.1, -0.05) is 12.1 Å². The topological polar surface area (TPSA) is 74.4 Å². The van der Waals surface area contributed by atoms with Gasteiger partial charge in [-0.05, 0) is 48.0 Å². The van der Waals surface area contributed by atoms with Crippen LogP contribution >= 0.6 is 11.3 Å². The molecule has 0 saturated carbocycles. The Bertz CT molecular complexity index is 1330. The molecule has 0 unspecified atom stereocenters. The first-order chi connectivity index (χ1) is 15.7. The Morgan fingerprint density at radius 1 is 1.00 bits per heavy atom. The molecule has 0 aliphatic rings. The number of Topliss-reactive ketones (excluding diaryl/α,β-unsaturated/α-hetero) is 1. The summed E-state index contributed by atoms with van der Waals surface area (Å²) in [5.41, 5.74) is 7.72. The van der Waals surface area contributed by atoms with Crippen molar-refractivity contribution in [1.29, 1.82) is 0 Å². The van der Waals surface area contributed by atoms with Crippen LogP contribution in [0.3, 0.4) is 0 Å². The molecule has 2 N–H and O–H groups in total. The first kappa shape index (κ1) is 22.6. The van der Waals surface area contributed by atoms with Crippen LogP contribution in [0.15, 0.2) is 54.6 Å². The van der Waals surface area contributed by atoms with Gasteiger partial charge in [0, 0.05) is 17.4 Å². The fourth-order valence-electron chi connectivity index (χ4n) is 3.44. The Morgan fingerprint density at radius 3 is 2.33 bits per heavy atom. The summed E-state index contributed by atoms with van der Waals surface area (Å²) in [5.74, 6) is 0.886. The van der Waals surface area contributed by atoms with Gasteiger partial charge in [0.05, 0.1) is 36.0 Å². The lowest BCUT2D eigenvalue weighted by Gasteiger charge is -2.09. The monoisotopic (exact) mass is 472 g/mol. The highest BCUT2D eigenvalue weighted by Crippen LogP contribution is 2.37. The quantitative estimate of drug-likeness (QED) is 0.348. The molecule has 2 aromatic heterocycles. The number of fused-ring (bicyclic) bond motifs is 1. The van der Waals surface area contributed by atoms with Crippen LogP contribution in [0.2, 0.25) is 0 Å². The smallest absolute Gasteiger partial charge is 0.416 e. The molecule has 0 aliphatic heterocycles. The maximum atomic E-state index is 12.8. The minimum atomic E-state index is -4.42. The normalized spacial score (nSPS) is 11.5. The van der Waals surface area contributed by atoms with Crippen LogP contribution in [-0.4, -0.2) is 25.0 Å². The molecular weight excluding hydrogens is 453 g/mol. The summed E-state index contributed by atoms with van der Waals surface area (Å²) >= 11 is 1.16. The Morgan fingerprint density at radius 2 is 1.70 bits per heavy atom. The van der Waals surface area contributed by atoms with Crippen molar-refractivity contribution in [3.05, 3.63) is 70.6 Å². The van der Waals surface area contributed by atoms with Crippen molar-refractivity contribution < 1.29 is 27.4 Å². The number of halogens is 3.